The summed E-state index contributed by atoms with van der Waals surface area (Å²) in [7, 11) is 0. The van der Waals surface area contributed by atoms with Crippen molar-refractivity contribution >= 4 is 5.91 Å². The molecule has 104 valence electrons. The molecule has 0 unspecified atom stereocenters. The maximum Gasteiger partial charge on any atom is 0.251 e. The lowest BCUT2D eigenvalue weighted by Gasteiger charge is -2.22. The molecule has 4 N–H and O–H groups in total. The maximum atomic E-state index is 12.0. The number of carbonyl (C=O) groups is 1. The highest BCUT2D eigenvalue weighted by Gasteiger charge is 2.31. The van der Waals surface area contributed by atoms with Crippen LogP contribution in [0.1, 0.15) is 41.6 Å². The van der Waals surface area contributed by atoms with Gasteiger partial charge in [-0.15, -0.1) is 0 Å². The highest BCUT2D eigenvalue weighted by atomic mass is 16.3. The second-order valence-corrected chi connectivity index (χ2v) is 5.35. The minimum atomic E-state index is -0.699. The first-order chi connectivity index (χ1) is 9.13. The van der Waals surface area contributed by atoms with Crippen LogP contribution in [0.15, 0.2) is 24.3 Å². The Kier molecular flexibility index (Phi) is 4.56. The molecule has 1 aromatic carbocycles. The molecule has 0 spiro atoms. The van der Waals surface area contributed by atoms with E-state index in [0.717, 1.165) is 37.7 Å². The van der Waals surface area contributed by atoms with Crippen molar-refractivity contribution < 1.29 is 9.90 Å². The molecule has 0 atom stereocenters. The summed E-state index contributed by atoms with van der Waals surface area (Å²) in [4.78, 5) is 12.0. The number of rotatable bonds is 5. The average Bonchev–Trinajstić information content (AvgIpc) is 2.85. The number of nitrogens with two attached hydrogens (primary N) is 1. The summed E-state index contributed by atoms with van der Waals surface area (Å²) in [6.07, 6.45) is 4.47. The van der Waals surface area contributed by atoms with Crippen LogP contribution in [-0.4, -0.2) is 29.7 Å². The number of nitrogens with one attached hydrogen (secondary N) is 1. The third-order valence-corrected chi connectivity index (χ3v) is 3.76. The lowest BCUT2D eigenvalue weighted by Crippen LogP contribution is -2.40. The summed E-state index contributed by atoms with van der Waals surface area (Å²) in [5.74, 6) is -0.125. The van der Waals surface area contributed by atoms with Gasteiger partial charge in [0.1, 0.15) is 0 Å². The SMILES string of the molecule is NCCc1ccc(C(=O)NCC2(O)CCCC2)cc1. The van der Waals surface area contributed by atoms with Crippen molar-refractivity contribution in [1.29, 1.82) is 0 Å². The number of amides is 1. The third-order valence-electron chi connectivity index (χ3n) is 3.76. The first-order valence-corrected chi connectivity index (χ1v) is 6.93. The predicted molar refractivity (Wildman–Crippen MR) is 75.0 cm³/mol. The van der Waals surface area contributed by atoms with E-state index in [4.69, 9.17) is 5.73 Å². The van der Waals surface area contributed by atoms with Crippen LogP contribution in [-0.2, 0) is 6.42 Å². The van der Waals surface area contributed by atoms with Crippen LogP contribution < -0.4 is 11.1 Å². The van der Waals surface area contributed by atoms with E-state index in [0.29, 0.717) is 18.7 Å². The number of hydrogen-bond donors (Lipinski definition) is 3. The summed E-state index contributed by atoms with van der Waals surface area (Å²) in [5.41, 5.74) is 6.54. The zero-order valence-electron chi connectivity index (χ0n) is 11.2. The Hall–Kier alpha value is -1.39. The number of benzene rings is 1. The van der Waals surface area contributed by atoms with E-state index in [2.05, 4.69) is 5.32 Å². The predicted octanol–water partition coefficient (Wildman–Crippen LogP) is 1.22. The van der Waals surface area contributed by atoms with Crippen molar-refractivity contribution in [3.63, 3.8) is 0 Å². The summed E-state index contributed by atoms with van der Waals surface area (Å²) in [5, 5.41) is 13.0. The molecule has 1 aliphatic carbocycles. The smallest absolute Gasteiger partial charge is 0.251 e. The zero-order chi connectivity index (χ0) is 13.7. The van der Waals surface area contributed by atoms with Crippen LogP contribution in [0.2, 0.25) is 0 Å². The van der Waals surface area contributed by atoms with Gasteiger partial charge in [-0.3, -0.25) is 4.79 Å². The van der Waals surface area contributed by atoms with Gasteiger partial charge < -0.3 is 16.2 Å². The Morgan fingerprint density at radius 2 is 1.89 bits per heavy atom. The summed E-state index contributed by atoms with van der Waals surface area (Å²) < 4.78 is 0. The average molecular weight is 262 g/mol. The van der Waals surface area contributed by atoms with Crippen LogP contribution >= 0.6 is 0 Å². The fourth-order valence-corrected chi connectivity index (χ4v) is 2.55. The number of hydrogen-bond acceptors (Lipinski definition) is 3. The molecule has 2 rings (SSSR count). The molecule has 19 heavy (non-hydrogen) atoms. The Labute approximate surface area is 114 Å². The molecule has 1 aromatic rings. The molecule has 0 aliphatic heterocycles. The standard InChI is InChI=1S/C15H22N2O2/c16-10-7-12-3-5-13(6-4-12)14(18)17-11-15(19)8-1-2-9-15/h3-6,19H,1-2,7-11,16H2,(H,17,18). The monoisotopic (exact) mass is 262 g/mol. The largest absolute Gasteiger partial charge is 0.388 e. The highest BCUT2D eigenvalue weighted by Crippen LogP contribution is 2.28. The van der Waals surface area contributed by atoms with Crippen molar-refractivity contribution in [1.82, 2.24) is 5.32 Å². The van der Waals surface area contributed by atoms with Crippen molar-refractivity contribution in [2.24, 2.45) is 5.73 Å². The minimum Gasteiger partial charge on any atom is -0.388 e. The first kappa shape index (κ1) is 14.0. The van der Waals surface area contributed by atoms with E-state index in [9.17, 15) is 9.90 Å². The molecule has 4 heteroatoms. The van der Waals surface area contributed by atoms with Gasteiger partial charge in [0.25, 0.3) is 5.91 Å². The van der Waals surface area contributed by atoms with Gasteiger partial charge in [-0.05, 0) is 43.5 Å². The van der Waals surface area contributed by atoms with E-state index in [1.54, 1.807) is 12.1 Å². The zero-order valence-corrected chi connectivity index (χ0v) is 11.2. The van der Waals surface area contributed by atoms with Gasteiger partial charge in [0, 0.05) is 12.1 Å². The second kappa shape index (κ2) is 6.17. The van der Waals surface area contributed by atoms with Crippen molar-refractivity contribution in [2.75, 3.05) is 13.1 Å². The van der Waals surface area contributed by atoms with Crippen LogP contribution in [0.3, 0.4) is 0 Å². The molecule has 0 bridgehead atoms. The lowest BCUT2D eigenvalue weighted by atomic mass is 10.0. The second-order valence-electron chi connectivity index (χ2n) is 5.35. The molecule has 0 radical (unpaired) electrons. The summed E-state index contributed by atoms with van der Waals surface area (Å²) in [6.45, 7) is 0.953. The van der Waals surface area contributed by atoms with Gasteiger partial charge in [0.05, 0.1) is 5.60 Å². The molecule has 0 saturated heterocycles. The Balaban J connectivity index is 1.88. The van der Waals surface area contributed by atoms with Gasteiger partial charge in [0.2, 0.25) is 0 Å². The maximum absolute atomic E-state index is 12.0. The third kappa shape index (κ3) is 3.78. The molecule has 0 aromatic heterocycles. The quantitative estimate of drug-likeness (QED) is 0.747. The van der Waals surface area contributed by atoms with E-state index in [1.165, 1.54) is 0 Å². The van der Waals surface area contributed by atoms with Crippen molar-refractivity contribution in [3.05, 3.63) is 35.4 Å². The Morgan fingerprint density at radius 3 is 2.47 bits per heavy atom. The Bertz CT molecular complexity index is 422. The fraction of sp³-hybridized carbons (Fsp3) is 0.533. The molecular formula is C15H22N2O2. The molecule has 1 fully saturated rings. The van der Waals surface area contributed by atoms with Crippen molar-refractivity contribution in [3.8, 4) is 0 Å². The molecule has 0 heterocycles. The normalized spacial score (nSPS) is 17.4. The van der Waals surface area contributed by atoms with Crippen LogP contribution in [0.5, 0.6) is 0 Å². The summed E-state index contributed by atoms with van der Waals surface area (Å²) >= 11 is 0. The van der Waals surface area contributed by atoms with Gasteiger partial charge in [-0.25, -0.2) is 0 Å². The molecule has 1 amide bonds. The fourth-order valence-electron chi connectivity index (χ4n) is 2.55. The van der Waals surface area contributed by atoms with E-state index >= 15 is 0 Å². The molecule has 1 aliphatic rings. The van der Waals surface area contributed by atoms with Gasteiger partial charge >= 0.3 is 0 Å². The van der Waals surface area contributed by atoms with Crippen LogP contribution in [0, 0.1) is 0 Å². The lowest BCUT2D eigenvalue weighted by molar-refractivity contribution is 0.0449. The highest BCUT2D eigenvalue weighted by molar-refractivity contribution is 5.94. The van der Waals surface area contributed by atoms with Crippen LogP contribution in [0.4, 0.5) is 0 Å². The molecule has 4 nitrogen and oxygen atoms in total. The molecule has 1 saturated carbocycles. The Morgan fingerprint density at radius 1 is 1.26 bits per heavy atom. The van der Waals surface area contributed by atoms with E-state index < -0.39 is 5.60 Å². The first-order valence-electron chi connectivity index (χ1n) is 6.93. The van der Waals surface area contributed by atoms with Gasteiger partial charge in [0.15, 0.2) is 0 Å². The minimum absolute atomic E-state index is 0.125. The van der Waals surface area contributed by atoms with E-state index in [1.807, 2.05) is 12.1 Å². The molecular weight excluding hydrogens is 240 g/mol. The number of aliphatic hydroxyl groups is 1. The van der Waals surface area contributed by atoms with Gasteiger partial charge in [-0.2, -0.15) is 0 Å². The van der Waals surface area contributed by atoms with Crippen molar-refractivity contribution in [2.45, 2.75) is 37.7 Å². The van der Waals surface area contributed by atoms with E-state index in [-0.39, 0.29) is 5.91 Å². The van der Waals surface area contributed by atoms with Gasteiger partial charge in [-0.1, -0.05) is 25.0 Å². The number of carbonyl (C=O) groups excluding carboxylic acids is 1. The van der Waals surface area contributed by atoms with Crippen LogP contribution in [0.25, 0.3) is 0 Å². The summed E-state index contributed by atoms with van der Waals surface area (Å²) in [6, 6.07) is 7.45. The topological polar surface area (TPSA) is 75.4 Å².